The Hall–Kier alpha value is -0.720. The van der Waals surface area contributed by atoms with Crippen molar-refractivity contribution in [3.8, 4) is 0 Å². The van der Waals surface area contributed by atoms with Crippen LogP contribution in [0.3, 0.4) is 0 Å². The molecule has 0 unspecified atom stereocenters. The van der Waals surface area contributed by atoms with Gasteiger partial charge in [-0.15, -0.1) is 0 Å². The van der Waals surface area contributed by atoms with Crippen LogP contribution in [0.15, 0.2) is 0 Å². The summed E-state index contributed by atoms with van der Waals surface area (Å²) in [6, 6.07) is 0. The van der Waals surface area contributed by atoms with Crippen LogP contribution in [0.2, 0.25) is 0 Å². The van der Waals surface area contributed by atoms with Crippen molar-refractivity contribution < 1.29 is 13.2 Å². The molecule has 1 aliphatic carbocycles. The van der Waals surface area contributed by atoms with Crippen LogP contribution in [0.5, 0.6) is 0 Å². The largest absolute Gasteiger partial charge is 0.391 e. The number of alkyl halides is 3. The summed E-state index contributed by atoms with van der Waals surface area (Å²) in [5.74, 6) is -0.741. The third-order valence-corrected chi connectivity index (χ3v) is 2.96. The minimum atomic E-state index is -4.01. The molecule has 0 amide bonds. The highest BCUT2D eigenvalue weighted by atomic mass is 19.4. The zero-order chi connectivity index (χ0) is 10.6. The summed E-state index contributed by atoms with van der Waals surface area (Å²) < 4.78 is 36.8. The lowest BCUT2D eigenvalue weighted by atomic mass is 9.80. The van der Waals surface area contributed by atoms with Gasteiger partial charge in [0.1, 0.15) is 0 Å². The van der Waals surface area contributed by atoms with E-state index >= 15 is 0 Å². The Bertz CT molecular complexity index is 208. The Kier molecular flexibility index (Phi) is 3.79. The summed E-state index contributed by atoms with van der Waals surface area (Å²) in [6.07, 6.45) is -1.45. The normalized spacial score (nSPS) is 28.4. The predicted octanol–water partition coefficient (Wildman–Crippen LogP) is 3.66. The Balaban J connectivity index is 2.29. The number of hydrogen-bond acceptors (Lipinski definition) is 0. The average Bonchev–Trinajstić information content (AvgIpc) is 2.14. The smallest absolute Gasteiger partial charge is 0.317 e. The van der Waals surface area contributed by atoms with E-state index in [4.69, 9.17) is 6.57 Å². The molecular weight excluding hydrogens is 191 g/mol. The molecule has 0 N–H and O–H groups in total. The fraction of sp³-hybridized carbons (Fsp3) is 0.900. The van der Waals surface area contributed by atoms with Crippen molar-refractivity contribution in [3.05, 3.63) is 11.4 Å². The van der Waals surface area contributed by atoms with E-state index in [1.54, 1.807) is 0 Å². The number of hydrogen-bond donors (Lipinski definition) is 0. The number of rotatable bonds is 2. The Labute approximate surface area is 82.1 Å². The van der Waals surface area contributed by atoms with E-state index in [0.717, 1.165) is 6.42 Å². The molecule has 1 aliphatic rings. The molecule has 1 nitrogen and oxygen atoms in total. The van der Waals surface area contributed by atoms with Gasteiger partial charge in [0.25, 0.3) is 0 Å². The molecule has 4 heteroatoms. The van der Waals surface area contributed by atoms with E-state index in [2.05, 4.69) is 4.85 Å². The van der Waals surface area contributed by atoms with Crippen molar-refractivity contribution in [3.63, 3.8) is 0 Å². The molecule has 1 fully saturated rings. The Morgan fingerprint density at radius 2 is 1.71 bits per heavy atom. The number of halogens is 3. The highest BCUT2D eigenvalue weighted by Gasteiger charge is 2.41. The van der Waals surface area contributed by atoms with Gasteiger partial charge in [-0.1, -0.05) is 0 Å². The molecule has 0 atom stereocenters. The predicted molar refractivity (Wildman–Crippen MR) is 47.6 cm³/mol. The lowest BCUT2D eigenvalue weighted by molar-refractivity contribution is -0.183. The van der Waals surface area contributed by atoms with E-state index in [0.29, 0.717) is 25.3 Å². The molecular formula is C10H14F3N. The summed E-state index contributed by atoms with van der Waals surface area (Å²) in [7, 11) is 0. The maximum Gasteiger partial charge on any atom is 0.391 e. The summed E-state index contributed by atoms with van der Waals surface area (Å²) in [5.41, 5.74) is 0. The van der Waals surface area contributed by atoms with E-state index in [9.17, 15) is 13.2 Å². The van der Waals surface area contributed by atoms with Crippen molar-refractivity contribution in [2.24, 2.45) is 11.8 Å². The van der Waals surface area contributed by atoms with E-state index in [1.807, 2.05) is 0 Å². The van der Waals surface area contributed by atoms with Gasteiger partial charge in [0.05, 0.1) is 5.92 Å². The molecule has 0 aliphatic heterocycles. The standard InChI is InChI=1S/C10H14F3N/c1-14-7-6-8-2-4-9(5-3-8)10(11,12)13/h8-9H,2-7H2. The van der Waals surface area contributed by atoms with Gasteiger partial charge in [0.2, 0.25) is 6.54 Å². The van der Waals surface area contributed by atoms with Crippen LogP contribution in [-0.4, -0.2) is 12.7 Å². The van der Waals surface area contributed by atoms with Crippen LogP contribution in [0.25, 0.3) is 4.85 Å². The zero-order valence-corrected chi connectivity index (χ0v) is 7.98. The van der Waals surface area contributed by atoms with Gasteiger partial charge in [-0.2, -0.15) is 13.2 Å². The molecule has 0 heterocycles. The maximum absolute atomic E-state index is 12.3. The molecule has 0 radical (unpaired) electrons. The van der Waals surface area contributed by atoms with Crippen molar-refractivity contribution in [2.45, 2.75) is 38.3 Å². The highest BCUT2D eigenvalue weighted by Crippen LogP contribution is 2.40. The quantitative estimate of drug-likeness (QED) is 0.606. The summed E-state index contributed by atoms with van der Waals surface area (Å²) in [5, 5.41) is 0. The summed E-state index contributed by atoms with van der Waals surface area (Å²) >= 11 is 0. The Morgan fingerprint density at radius 3 is 2.14 bits per heavy atom. The first-order valence-electron chi connectivity index (χ1n) is 4.94. The lowest BCUT2D eigenvalue weighted by Crippen LogP contribution is -2.27. The summed E-state index contributed by atoms with van der Waals surface area (Å²) in [6.45, 7) is 7.06. The fourth-order valence-electron chi connectivity index (χ4n) is 2.03. The second kappa shape index (κ2) is 4.68. The van der Waals surface area contributed by atoms with Gasteiger partial charge in [-0.25, -0.2) is 6.57 Å². The molecule has 80 valence electrons. The first kappa shape index (κ1) is 11.4. The third-order valence-electron chi connectivity index (χ3n) is 2.96. The van der Waals surface area contributed by atoms with Crippen LogP contribution >= 0.6 is 0 Å². The van der Waals surface area contributed by atoms with Crippen LogP contribution in [-0.2, 0) is 0 Å². The highest BCUT2D eigenvalue weighted by molar-refractivity contribution is 4.78. The lowest BCUT2D eigenvalue weighted by Gasteiger charge is -2.28. The molecule has 1 rings (SSSR count). The molecule has 0 spiro atoms. The monoisotopic (exact) mass is 205 g/mol. The minimum absolute atomic E-state index is 0.256. The van der Waals surface area contributed by atoms with E-state index in [-0.39, 0.29) is 12.8 Å². The number of nitrogens with zero attached hydrogens (tertiary/aromatic N) is 1. The van der Waals surface area contributed by atoms with Gasteiger partial charge in [-0.05, 0) is 31.6 Å². The van der Waals surface area contributed by atoms with Crippen molar-refractivity contribution in [2.75, 3.05) is 6.54 Å². The van der Waals surface area contributed by atoms with Crippen LogP contribution in [0.4, 0.5) is 13.2 Å². The molecule has 0 aromatic heterocycles. The topological polar surface area (TPSA) is 4.36 Å². The van der Waals surface area contributed by atoms with Gasteiger partial charge in [0.15, 0.2) is 0 Å². The maximum atomic E-state index is 12.3. The fourth-order valence-corrected chi connectivity index (χ4v) is 2.03. The zero-order valence-electron chi connectivity index (χ0n) is 7.98. The second-order valence-corrected chi connectivity index (χ2v) is 3.93. The van der Waals surface area contributed by atoms with E-state index in [1.165, 1.54) is 0 Å². The molecule has 0 saturated heterocycles. The Morgan fingerprint density at radius 1 is 1.14 bits per heavy atom. The molecule has 1 saturated carbocycles. The minimum Gasteiger partial charge on any atom is -0.317 e. The van der Waals surface area contributed by atoms with Crippen molar-refractivity contribution >= 4 is 0 Å². The molecule has 0 aromatic rings. The average molecular weight is 205 g/mol. The van der Waals surface area contributed by atoms with Crippen LogP contribution in [0.1, 0.15) is 32.1 Å². The van der Waals surface area contributed by atoms with Crippen LogP contribution < -0.4 is 0 Å². The first-order chi connectivity index (χ1) is 6.54. The molecule has 14 heavy (non-hydrogen) atoms. The van der Waals surface area contributed by atoms with Gasteiger partial charge in [0, 0.05) is 6.42 Å². The summed E-state index contributed by atoms with van der Waals surface area (Å²) in [4.78, 5) is 3.23. The van der Waals surface area contributed by atoms with Crippen LogP contribution in [0, 0.1) is 18.4 Å². The van der Waals surface area contributed by atoms with Gasteiger partial charge in [-0.3, -0.25) is 0 Å². The molecule has 0 aromatic carbocycles. The second-order valence-electron chi connectivity index (χ2n) is 3.93. The third kappa shape index (κ3) is 3.21. The van der Waals surface area contributed by atoms with Crippen molar-refractivity contribution in [1.82, 2.24) is 0 Å². The molecule has 0 bridgehead atoms. The van der Waals surface area contributed by atoms with E-state index < -0.39 is 12.1 Å². The van der Waals surface area contributed by atoms with Gasteiger partial charge < -0.3 is 4.85 Å². The van der Waals surface area contributed by atoms with Gasteiger partial charge >= 0.3 is 6.18 Å². The first-order valence-corrected chi connectivity index (χ1v) is 4.94. The SMILES string of the molecule is [C-]#[N+]CCC1CCC(C(F)(F)F)CC1. The van der Waals surface area contributed by atoms with Crippen molar-refractivity contribution in [1.29, 1.82) is 0 Å².